The molecule has 322 valence electrons. The van der Waals surface area contributed by atoms with Gasteiger partial charge in [-0.1, -0.05) is 210 Å². The lowest BCUT2D eigenvalue weighted by Crippen LogP contribution is -2.27. The first-order valence-corrected chi connectivity index (χ1v) is 24.2. The van der Waals surface area contributed by atoms with E-state index in [4.69, 9.17) is 9.47 Å². The quantitative estimate of drug-likeness (QED) is 0.0381. The minimum atomic E-state index is -0.538. The van der Waals surface area contributed by atoms with Gasteiger partial charge >= 0.3 is 5.97 Å². The molecule has 0 bridgehead atoms. The van der Waals surface area contributed by atoms with Gasteiger partial charge in [0, 0.05) is 13.0 Å². The number of ether oxygens (including phenoxy) is 2. The SMILES string of the molecule is CCCCC/C=C\C/C=C\CCCCCCCCCCOCC(CO)OC(=O)CCCCCCCCCCCCCCC/C=C\C/C=C\CCCCCCC. The second kappa shape index (κ2) is 48.5. The smallest absolute Gasteiger partial charge is 0.306 e. The van der Waals surface area contributed by atoms with E-state index in [9.17, 15) is 9.90 Å². The molecule has 0 saturated heterocycles. The normalized spacial score (nSPS) is 12.7. The molecular weight excluding hydrogens is 677 g/mol. The molecule has 0 aliphatic carbocycles. The average Bonchev–Trinajstić information content (AvgIpc) is 3.19. The molecule has 0 fully saturated rings. The Hall–Kier alpha value is -1.65. The highest BCUT2D eigenvalue weighted by atomic mass is 16.6. The van der Waals surface area contributed by atoms with Crippen LogP contribution in [0.5, 0.6) is 0 Å². The third-order valence-corrected chi connectivity index (χ3v) is 10.6. The maximum absolute atomic E-state index is 12.3. The zero-order valence-corrected chi connectivity index (χ0v) is 36.9. The van der Waals surface area contributed by atoms with Crippen LogP contribution in [-0.4, -0.2) is 37.0 Å². The second-order valence-electron chi connectivity index (χ2n) is 16.2. The summed E-state index contributed by atoms with van der Waals surface area (Å²) in [6, 6.07) is 0. The molecular formula is C51H94O4. The van der Waals surface area contributed by atoms with Gasteiger partial charge in [0.15, 0.2) is 0 Å². The largest absolute Gasteiger partial charge is 0.457 e. The predicted molar refractivity (Wildman–Crippen MR) is 242 cm³/mol. The summed E-state index contributed by atoms with van der Waals surface area (Å²) in [7, 11) is 0. The lowest BCUT2D eigenvalue weighted by atomic mass is 10.0. The van der Waals surface area contributed by atoms with E-state index in [1.165, 1.54) is 193 Å². The van der Waals surface area contributed by atoms with Crippen LogP contribution >= 0.6 is 0 Å². The molecule has 0 rings (SSSR count). The summed E-state index contributed by atoms with van der Waals surface area (Å²) in [5, 5.41) is 9.63. The molecule has 0 spiro atoms. The topological polar surface area (TPSA) is 55.8 Å². The number of esters is 1. The molecule has 4 nitrogen and oxygen atoms in total. The van der Waals surface area contributed by atoms with Gasteiger partial charge in [0.05, 0.1) is 13.2 Å². The van der Waals surface area contributed by atoms with E-state index in [1.807, 2.05) is 0 Å². The van der Waals surface area contributed by atoms with Gasteiger partial charge in [-0.3, -0.25) is 4.79 Å². The Labute approximate surface area is 343 Å². The van der Waals surface area contributed by atoms with Gasteiger partial charge in [-0.2, -0.15) is 0 Å². The Morgan fingerprint density at radius 1 is 0.436 bits per heavy atom. The number of carbonyl (C=O) groups is 1. The Balaban J connectivity index is 3.41. The maximum Gasteiger partial charge on any atom is 0.306 e. The number of hydrogen-bond donors (Lipinski definition) is 1. The number of unbranched alkanes of at least 4 members (excludes halogenated alkanes) is 29. The molecule has 0 aliphatic heterocycles. The van der Waals surface area contributed by atoms with E-state index in [0.29, 0.717) is 19.6 Å². The highest BCUT2D eigenvalue weighted by molar-refractivity contribution is 5.69. The fraction of sp³-hybridized carbons (Fsp3) is 0.824. The van der Waals surface area contributed by atoms with Crippen molar-refractivity contribution in [3.8, 4) is 0 Å². The Kier molecular flexibility index (Phi) is 47.0. The lowest BCUT2D eigenvalue weighted by molar-refractivity contribution is -0.154. The Bertz CT molecular complexity index is 859. The van der Waals surface area contributed by atoms with Gasteiger partial charge in [-0.05, 0) is 77.0 Å². The predicted octanol–water partition coefficient (Wildman–Crippen LogP) is 16.2. The van der Waals surface area contributed by atoms with Crippen molar-refractivity contribution in [3.05, 3.63) is 48.6 Å². The van der Waals surface area contributed by atoms with Crippen molar-refractivity contribution in [2.75, 3.05) is 19.8 Å². The molecule has 1 unspecified atom stereocenters. The molecule has 0 aliphatic rings. The number of hydrogen-bond acceptors (Lipinski definition) is 4. The number of aliphatic hydroxyl groups is 1. The average molecular weight is 771 g/mol. The van der Waals surface area contributed by atoms with Crippen LogP contribution < -0.4 is 0 Å². The van der Waals surface area contributed by atoms with Gasteiger partial charge in [0.25, 0.3) is 0 Å². The van der Waals surface area contributed by atoms with Crippen molar-refractivity contribution in [2.45, 2.75) is 251 Å². The Morgan fingerprint density at radius 3 is 1.16 bits per heavy atom. The zero-order valence-electron chi connectivity index (χ0n) is 36.9. The molecule has 0 radical (unpaired) electrons. The van der Waals surface area contributed by atoms with Crippen molar-refractivity contribution < 1.29 is 19.4 Å². The summed E-state index contributed by atoms with van der Waals surface area (Å²) in [6.07, 6.45) is 63.3. The van der Waals surface area contributed by atoms with Crippen molar-refractivity contribution >= 4 is 5.97 Å². The van der Waals surface area contributed by atoms with E-state index < -0.39 is 6.10 Å². The van der Waals surface area contributed by atoms with Crippen LogP contribution in [0.25, 0.3) is 0 Å². The fourth-order valence-corrected chi connectivity index (χ4v) is 6.98. The van der Waals surface area contributed by atoms with Crippen molar-refractivity contribution in [3.63, 3.8) is 0 Å². The molecule has 0 aromatic rings. The minimum Gasteiger partial charge on any atom is -0.457 e. The highest BCUT2D eigenvalue weighted by Gasteiger charge is 2.13. The van der Waals surface area contributed by atoms with E-state index in [-0.39, 0.29) is 12.6 Å². The second-order valence-corrected chi connectivity index (χ2v) is 16.2. The van der Waals surface area contributed by atoms with Crippen molar-refractivity contribution in [1.29, 1.82) is 0 Å². The minimum absolute atomic E-state index is 0.174. The molecule has 0 saturated carbocycles. The van der Waals surface area contributed by atoms with Crippen LogP contribution in [0.15, 0.2) is 48.6 Å². The fourth-order valence-electron chi connectivity index (χ4n) is 6.98. The van der Waals surface area contributed by atoms with Gasteiger partial charge in [-0.15, -0.1) is 0 Å². The van der Waals surface area contributed by atoms with Gasteiger partial charge in [-0.25, -0.2) is 0 Å². The summed E-state index contributed by atoms with van der Waals surface area (Å²) >= 11 is 0. The number of carbonyl (C=O) groups excluding carboxylic acids is 1. The first kappa shape index (κ1) is 53.4. The van der Waals surface area contributed by atoms with Crippen LogP contribution in [0, 0.1) is 0 Å². The molecule has 55 heavy (non-hydrogen) atoms. The lowest BCUT2D eigenvalue weighted by Gasteiger charge is -2.16. The van der Waals surface area contributed by atoms with Gasteiger partial charge in [0.1, 0.15) is 6.10 Å². The summed E-state index contributed by atoms with van der Waals surface area (Å²) < 4.78 is 11.2. The van der Waals surface area contributed by atoms with Crippen LogP contribution in [0.4, 0.5) is 0 Å². The summed E-state index contributed by atoms with van der Waals surface area (Å²) in [6.45, 7) is 5.32. The highest BCUT2D eigenvalue weighted by Crippen LogP contribution is 2.15. The van der Waals surface area contributed by atoms with Crippen LogP contribution in [0.1, 0.15) is 245 Å². The summed E-state index contributed by atoms with van der Waals surface area (Å²) in [5.41, 5.74) is 0. The zero-order chi connectivity index (χ0) is 39.8. The number of rotatable bonds is 45. The van der Waals surface area contributed by atoms with Crippen LogP contribution in [0.2, 0.25) is 0 Å². The Morgan fingerprint density at radius 2 is 0.764 bits per heavy atom. The third kappa shape index (κ3) is 46.6. The van der Waals surface area contributed by atoms with Gasteiger partial charge < -0.3 is 14.6 Å². The monoisotopic (exact) mass is 771 g/mol. The molecule has 1 atom stereocenters. The van der Waals surface area contributed by atoms with Crippen LogP contribution in [0.3, 0.4) is 0 Å². The van der Waals surface area contributed by atoms with Crippen LogP contribution in [-0.2, 0) is 14.3 Å². The molecule has 0 heterocycles. The number of allylic oxidation sites excluding steroid dienone is 8. The number of aliphatic hydroxyl groups excluding tert-OH is 1. The molecule has 0 aromatic heterocycles. The first-order valence-electron chi connectivity index (χ1n) is 24.2. The molecule has 0 aromatic carbocycles. The first-order chi connectivity index (χ1) is 27.2. The van der Waals surface area contributed by atoms with E-state index in [2.05, 4.69) is 62.5 Å². The molecule has 1 N–H and O–H groups in total. The van der Waals surface area contributed by atoms with E-state index in [0.717, 1.165) is 32.1 Å². The summed E-state index contributed by atoms with van der Waals surface area (Å²) in [5.74, 6) is -0.202. The standard InChI is InChI=1S/C51H94O4/c1-3-5-7-9-11-13-15-17-19-21-23-24-25-26-27-28-29-30-32-34-36-38-40-42-44-46-51(53)55-50(48-52)49-54-47-45-43-41-39-37-35-33-31-22-20-18-16-14-12-10-8-6-4-2/h12,14-15,17-18,20-21,23,50,52H,3-11,13,16,19,22,24-49H2,1-2H3/b14-12-,17-15-,20-18-,23-21-. The van der Waals surface area contributed by atoms with Gasteiger partial charge in [0.2, 0.25) is 0 Å². The summed E-state index contributed by atoms with van der Waals surface area (Å²) in [4.78, 5) is 12.3. The third-order valence-electron chi connectivity index (χ3n) is 10.6. The van der Waals surface area contributed by atoms with Crippen molar-refractivity contribution in [2.24, 2.45) is 0 Å². The van der Waals surface area contributed by atoms with E-state index >= 15 is 0 Å². The van der Waals surface area contributed by atoms with E-state index in [1.54, 1.807) is 0 Å². The molecule has 0 amide bonds. The molecule has 4 heteroatoms. The van der Waals surface area contributed by atoms with Crippen molar-refractivity contribution in [1.82, 2.24) is 0 Å². The maximum atomic E-state index is 12.3.